The fraction of sp³-hybridized carbons (Fsp3) is 0.923. The number of piperazine rings is 1. The number of rotatable bonds is 3. The van der Waals surface area contributed by atoms with Crippen LogP contribution in [-0.2, 0) is 4.79 Å². The molecule has 0 aliphatic carbocycles. The van der Waals surface area contributed by atoms with E-state index in [1.165, 1.54) is 0 Å². The molecular weight excluding hydrogens is 200 g/mol. The number of hydrogen-bond donors (Lipinski definition) is 1. The lowest BCUT2D eigenvalue weighted by Gasteiger charge is -2.41. The molecule has 2 unspecified atom stereocenters. The zero-order valence-electron chi connectivity index (χ0n) is 11.3. The standard InChI is InChI=1S/C13H26N2O/c1-9(2)6-13(16)15-8-11(5)14-7-12(15)10(3)4/h9-12,14H,6-8H2,1-5H3. The van der Waals surface area contributed by atoms with Crippen LogP contribution in [0.4, 0.5) is 0 Å². The molecule has 0 radical (unpaired) electrons. The first-order chi connectivity index (χ1) is 7.41. The first-order valence-corrected chi connectivity index (χ1v) is 6.44. The normalized spacial score (nSPS) is 26.6. The third-order valence-corrected chi connectivity index (χ3v) is 3.22. The van der Waals surface area contributed by atoms with Gasteiger partial charge in [0.1, 0.15) is 0 Å². The lowest BCUT2D eigenvalue weighted by molar-refractivity contribution is -0.137. The Morgan fingerprint density at radius 3 is 2.50 bits per heavy atom. The van der Waals surface area contributed by atoms with Crippen molar-refractivity contribution in [2.75, 3.05) is 13.1 Å². The van der Waals surface area contributed by atoms with Crippen LogP contribution in [-0.4, -0.2) is 36.0 Å². The molecule has 1 aliphatic heterocycles. The molecule has 1 heterocycles. The van der Waals surface area contributed by atoms with Gasteiger partial charge in [-0.1, -0.05) is 27.7 Å². The molecule has 1 aliphatic rings. The molecule has 0 spiro atoms. The van der Waals surface area contributed by atoms with E-state index in [1.54, 1.807) is 0 Å². The van der Waals surface area contributed by atoms with Crippen molar-refractivity contribution in [3.05, 3.63) is 0 Å². The summed E-state index contributed by atoms with van der Waals surface area (Å²) in [6.45, 7) is 12.5. The Hall–Kier alpha value is -0.570. The van der Waals surface area contributed by atoms with E-state index < -0.39 is 0 Å². The van der Waals surface area contributed by atoms with Crippen LogP contribution >= 0.6 is 0 Å². The Kier molecular flexibility index (Phi) is 4.78. The molecule has 1 rings (SSSR count). The van der Waals surface area contributed by atoms with Crippen LogP contribution in [0.25, 0.3) is 0 Å². The molecule has 0 saturated carbocycles. The Morgan fingerprint density at radius 2 is 2.00 bits per heavy atom. The predicted molar refractivity (Wildman–Crippen MR) is 67.3 cm³/mol. The summed E-state index contributed by atoms with van der Waals surface area (Å²) < 4.78 is 0. The minimum absolute atomic E-state index is 0.321. The zero-order chi connectivity index (χ0) is 12.3. The molecule has 0 aromatic heterocycles. The van der Waals surface area contributed by atoms with Gasteiger partial charge < -0.3 is 10.2 Å². The molecule has 0 bridgehead atoms. The molecule has 1 saturated heterocycles. The topological polar surface area (TPSA) is 32.3 Å². The second-order valence-electron chi connectivity index (χ2n) is 5.76. The molecule has 1 fully saturated rings. The summed E-state index contributed by atoms with van der Waals surface area (Å²) in [6.07, 6.45) is 0.677. The lowest BCUT2D eigenvalue weighted by atomic mass is 9.97. The van der Waals surface area contributed by atoms with Crippen LogP contribution in [0, 0.1) is 11.8 Å². The van der Waals surface area contributed by atoms with Gasteiger partial charge in [0.25, 0.3) is 0 Å². The molecule has 1 amide bonds. The maximum absolute atomic E-state index is 12.2. The fourth-order valence-electron chi connectivity index (χ4n) is 2.28. The third kappa shape index (κ3) is 3.48. The molecule has 94 valence electrons. The van der Waals surface area contributed by atoms with Gasteiger partial charge in [-0.25, -0.2) is 0 Å². The van der Waals surface area contributed by atoms with E-state index in [0.29, 0.717) is 36.2 Å². The van der Waals surface area contributed by atoms with E-state index >= 15 is 0 Å². The summed E-state index contributed by atoms with van der Waals surface area (Å²) in [7, 11) is 0. The molecular formula is C13H26N2O. The quantitative estimate of drug-likeness (QED) is 0.797. The van der Waals surface area contributed by atoms with Crippen LogP contribution in [0.5, 0.6) is 0 Å². The van der Waals surface area contributed by atoms with E-state index in [1.807, 2.05) is 0 Å². The highest BCUT2D eigenvalue weighted by Crippen LogP contribution is 2.17. The van der Waals surface area contributed by atoms with Crippen LogP contribution in [0.2, 0.25) is 0 Å². The molecule has 0 aromatic rings. The van der Waals surface area contributed by atoms with Crippen LogP contribution < -0.4 is 5.32 Å². The lowest BCUT2D eigenvalue weighted by Crippen LogP contribution is -2.59. The average Bonchev–Trinajstić information content (AvgIpc) is 2.15. The van der Waals surface area contributed by atoms with Gasteiger partial charge in [-0.2, -0.15) is 0 Å². The molecule has 16 heavy (non-hydrogen) atoms. The smallest absolute Gasteiger partial charge is 0.223 e. The summed E-state index contributed by atoms with van der Waals surface area (Å²) in [4.78, 5) is 14.3. The van der Waals surface area contributed by atoms with Crippen molar-refractivity contribution in [3.63, 3.8) is 0 Å². The first-order valence-electron chi connectivity index (χ1n) is 6.44. The van der Waals surface area contributed by atoms with Crippen molar-refractivity contribution in [3.8, 4) is 0 Å². The summed E-state index contributed by atoms with van der Waals surface area (Å²) in [5.41, 5.74) is 0. The second-order valence-corrected chi connectivity index (χ2v) is 5.76. The monoisotopic (exact) mass is 226 g/mol. The maximum atomic E-state index is 12.2. The fourth-order valence-corrected chi connectivity index (χ4v) is 2.28. The van der Waals surface area contributed by atoms with Crippen LogP contribution in [0.1, 0.15) is 41.0 Å². The zero-order valence-corrected chi connectivity index (χ0v) is 11.3. The van der Waals surface area contributed by atoms with Crippen molar-refractivity contribution in [1.29, 1.82) is 0 Å². The van der Waals surface area contributed by atoms with Crippen molar-refractivity contribution < 1.29 is 4.79 Å². The van der Waals surface area contributed by atoms with Gasteiger partial charge in [-0.3, -0.25) is 4.79 Å². The van der Waals surface area contributed by atoms with E-state index in [9.17, 15) is 4.79 Å². The maximum Gasteiger partial charge on any atom is 0.223 e. The Morgan fingerprint density at radius 1 is 1.38 bits per heavy atom. The first kappa shape index (κ1) is 13.5. The molecule has 1 N–H and O–H groups in total. The number of nitrogens with zero attached hydrogens (tertiary/aromatic N) is 1. The highest BCUT2D eigenvalue weighted by molar-refractivity contribution is 5.77. The van der Waals surface area contributed by atoms with Crippen molar-refractivity contribution >= 4 is 5.91 Å². The van der Waals surface area contributed by atoms with Gasteiger partial charge in [-0.05, 0) is 18.8 Å². The van der Waals surface area contributed by atoms with Crippen molar-refractivity contribution in [2.45, 2.75) is 53.1 Å². The van der Waals surface area contributed by atoms with E-state index in [-0.39, 0.29) is 0 Å². The highest BCUT2D eigenvalue weighted by atomic mass is 16.2. The minimum Gasteiger partial charge on any atom is -0.337 e. The highest BCUT2D eigenvalue weighted by Gasteiger charge is 2.31. The number of nitrogens with one attached hydrogen (secondary N) is 1. The van der Waals surface area contributed by atoms with E-state index in [2.05, 4.69) is 44.8 Å². The molecule has 3 heteroatoms. The third-order valence-electron chi connectivity index (χ3n) is 3.22. The Bertz CT molecular complexity index is 238. The Balaban J connectivity index is 2.67. The van der Waals surface area contributed by atoms with Gasteiger partial charge >= 0.3 is 0 Å². The SMILES string of the molecule is CC(C)CC(=O)N1CC(C)NCC1C(C)C. The van der Waals surface area contributed by atoms with Crippen molar-refractivity contribution in [2.24, 2.45) is 11.8 Å². The van der Waals surface area contributed by atoms with Gasteiger partial charge in [0.2, 0.25) is 5.91 Å². The van der Waals surface area contributed by atoms with Crippen LogP contribution in [0.3, 0.4) is 0 Å². The van der Waals surface area contributed by atoms with Crippen LogP contribution in [0.15, 0.2) is 0 Å². The number of carbonyl (C=O) groups excluding carboxylic acids is 1. The average molecular weight is 226 g/mol. The van der Waals surface area contributed by atoms with Crippen molar-refractivity contribution in [1.82, 2.24) is 10.2 Å². The van der Waals surface area contributed by atoms with E-state index in [0.717, 1.165) is 13.1 Å². The second kappa shape index (κ2) is 5.67. The number of hydrogen-bond acceptors (Lipinski definition) is 2. The number of carbonyl (C=O) groups is 1. The summed E-state index contributed by atoms with van der Waals surface area (Å²) in [5, 5.41) is 3.46. The summed E-state index contributed by atoms with van der Waals surface area (Å²) in [6, 6.07) is 0.786. The van der Waals surface area contributed by atoms with E-state index in [4.69, 9.17) is 0 Å². The summed E-state index contributed by atoms with van der Waals surface area (Å²) >= 11 is 0. The summed E-state index contributed by atoms with van der Waals surface area (Å²) in [5.74, 6) is 1.30. The molecule has 0 aromatic carbocycles. The molecule has 2 atom stereocenters. The van der Waals surface area contributed by atoms with Gasteiger partial charge in [0.05, 0.1) is 0 Å². The van der Waals surface area contributed by atoms with Gasteiger partial charge in [0.15, 0.2) is 0 Å². The predicted octanol–water partition coefficient (Wildman–Crippen LogP) is 1.88. The number of amides is 1. The molecule has 3 nitrogen and oxygen atoms in total. The van der Waals surface area contributed by atoms with Gasteiger partial charge in [-0.15, -0.1) is 0 Å². The minimum atomic E-state index is 0.321. The van der Waals surface area contributed by atoms with Gasteiger partial charge in [0, 0.05) is 31.6 Å². The largest absolute Gasteiger partial charge is 0.337 e. The Labute approximate surface area is 99.6 Å².